The fourth-order valence-electron chi connectivity index (χ4n) is 2.50. The van der Waals surface area contributed by atoms with Crippen molar-refractivity contribution in [3.05, 3.63) is 12.0 Å². The number of anilines is 1. The Kier molecular flexibility index (Phi) is 3.28. The molecule has 0 bridgehead atoms. The maximum Gasteiger partial charge on any atom is 0.163 e. The van der Waals surface area contributed by atoms with Crippen molar-refractivity contribution < 1.29 is 10.2 Å². The first-order chi connectivity index (χ1) is 9.58. The van der Waals surface area contributed by atoms with Crippen LogP contribution in [0.1, 0.15) is 5.82 Å². The summed E-state index contributed by atoms with van der Waals surface area (Å²) in [6.45, 7) is 1.36. The van der Waals surface area contributed by atoms with Crippen LogP contribution in [0.2, 0.25) is 0 Å². The Morgan fingerprint density at radius 2 is 2.00 bits per heavy atom. The Balaban J connectivity index is 1.90. The summed E-state index contributed by atoms with van der Waals surface area (Å²) in [7, 11) is 3.64. The van der Waals surface area contributed by atoms with E-state index in [1.54, 1.807) is 10.9 Å². The summed E-state index contributed by atoms with van der Waals surface area (Å²) >= 11 is 0. The number of aromatic nitrogens is 4. The van der Waals surface area contributed by atoms with Gasteiger partial charge < -0.3 is 15.5 Å². The zero-order valence-corrected chi connectivity index (χ0v) is 11.5. The smallest absolute Gasteiger partial charge is 0.163 e. The van der Waals surface area contributed by atoms with Gasteiger partial charge >= 0.3 is 0 Å². The van der Waals surface area contributed by atoms with Crippen molar-refractivity contribution in [2.24, 2.45) is 7.05 Å². The second-order valence-electron chi connectivity index (χ2n) is 5.07. The summed E-state index contributed by atoms with van der Waals surface area (Å²) in [6.07, 6.45) is 0.340. The average molecular weight is 278 g/mol. The third-order valence-corrected chi connectivity index (χ3v) is 3.57. The molecule has 20 heavy (non-hydrogen) atoms. The molecule has 1 fully saturated rings. The first kappa shape index (κ1) is 13.2. The van der Waals surface area contributed by atoms with Crippen LogP contribution in [0.25, 0.3) is 11.0 Å². The third kappa shape index (κ3) is 2.21. The highest BCUT2D eigenvalue weighted by molar-refractivity contribution is 5.86. The molecule has 3 rings (SSSR count). The minimum absolute atomic E-state index is 0.433. The van der Waals surface area contributed by atoms with E-state index in [0.29, 0.717) is 25.5 Å². The van der Waals surface area contributed by atoms with Crippen LogP contribution in [0.3, 0.4) is 0 Å². The van der Waals surface area contributed by atoms with Gasteiger partial charge in [-0.05, 0) is 0 Å². The lowest BCUT2D eigenvalue weighted by molar-refractivity contribution is 0.0572. The Morgan fingerprint density at radius 3 is 2.65 bits per heavy atom. The normalized spacial score (nSPS) is 23.6. The van der Waals surface area contributed by atoms with Crippen LogP contribution in [0.5, 0.6) is 0 Å². The maximum absolute atomic E-state index is 9.57. The van der Waals surface area contributed by atoms with Gasteiger partial charge in [-0.2, -0.15) is 5.10 Å². The van der Waals surface area contributed by atoms with Crippen LogP contribution in [0, 0.1) is 0 Å². The standard InChI is InChI=1S/C12H18N6O2/c1-13-11-7-3-14-17(2)12(7)16-10(15-11)6-18-4-8(19)9(20)5-18/h3,8-9,19-20H,4-6H2,1-2H3,(H,13,15,16). The number of aliphatic hydroxyl groups excluding tert-OH is 2. The number of β-amino-alcohol motifs (C(OH)–C–C–N with tert-alkyl or cyclic N) is 2. The Hall–Kier alpha value is -1.77. The molecule has 2 unspecified atom stereocenters. The number of hydrogen-bond donors (Lipinski definition) is 3. The highest BCUT2D eigenvalue weighted by Crippen LogP contribution is 2.20. The Labute approximate surface area is 116 Å². The van der Waals surface area contributed by atoms with Gasteiger partial charge in [0.05, 0.1) is 30.3 Å². The van der Waals surface area contributed by atoms with Gasteiger partial charge in [0.25, 0.3) is 0 Å². The fraction of sp³-hybridized carbons (Fsp3) is 0.583. The number of rotatable bonds is 3. The van der Waals surface area contributed by atoms with Gasteiger partial charge in [0, 0.05) is 27.2 Å². The number of fused-ring (bicyclic) bond motifs is 1. The summed E-state index contributed by atoms with van der Waals surface area (Å²) in [6, 6.07) is 0. The first-order valence-electron chi connectivity index (χ1n) is 6.53. The molecule has 2 atom stereocenters. The predicted molar refractivity (Wildman–Crippen MR) is 73.1 cm³/mol. The molecule has 1 aliphatic rings. The second-order valence-corrected chi connectivity index (χ2v) is 5.07. The van der Waals surface area contributed by atoms with E-state index in [1.165, 1.54) is 0 Å². The monoisotopic (exact) mass is 278 g/mol. The highest BCUT2D eigenvalue weighted by Gasteiger charge is 2.30. The molecule has 0 aromatic carbocycles. The van der Waals surface area contributed by atoms with Gasteiger partial charge in [-0.1, -0.05) is 0 Å². The average Bonchev–Trinajstić information content (AvgIpc) is 2.93. The van der Waals surface area contributed by atoms with Crippen LogP contribution < -0.4 is 5.32 Å². The molecule has 108 valence electrons. The summed E-state index contributed by atoms with van der Waals surface area (Å²) in [4.78, 5) is 10.9. The van der Waals surface area contributed by atoms with Crippen molar-refractivity contribution in [3.63, 3.8) is 0 Å². The van der Waals surface area contributed by atoms with Crippen LogP contribution in [0.4, 0.5) is 5.82 Å². The number of likely N-dealkylation sites (tertiary alicyclic amines) is 1. The molecule has 3 N–H and O–H groups in total. The van der Waals surface area contributed by atoms with Gasteiger partial charge in [-0.25, -0.2) is 9.97 Å². The van der Waals surface area contributed by atoms with Gasteiger partial charge in [-0.3, -0.25) is 9.58 Å². The summed E-state index contributed by atoms with van der Waals surface area (Å²) in [5, 5.41) is 27.2. The lowest BCUT2D eigenvalue weighted by Gasteiger charge is -2.14. The number of hydrogen-bond acceptors (Lipinski definition) is 7. The zero-order chi connectivity index (χ0) is 14.3. The second kappa shape index (κ2) is 4.97. The molecule has 1 saturated heterocycles. The van der Waals surface area contributed by atoms with E-state index in [2.05, 4.69) is 20.4 Å². The summed E-state index contributed by atoms with van der Waals surface area (Å²) in [5.41, 5.74) is 0.764. The molecule has 0 saturated carbocycles. The van der Waals surface area contributed by atoms with Crippen molar-refractivity contribution in [1.29, 1.82) is 0 Å². The molecule has 2 aromatic heterocycles. The summed E-state index contributed by atoms with van der Waals surface area (Å²) < 4.78 is 1.70. The molecule has 2 aromatic rings. The lowest BCUT2D eigenvalue weighted by Crippen LogP contribution is -2.23. The van der Waals surface area contributed by atoms with E-state index in [1.807, 2.05) is 19.0 Å². The highest BCUT2D eigenvalue weighted by atomic mass is 16.3. The van der Waals surface area contributed by atoms with Gasteiger partial charge in [0.15, 0.2) is 5.65 Å². The van der Waals surface area contributed by atoms with Crippen molar-refractivity contribution in [2.45, 2.75) is 18.8 Å². The topological polar surface area (TPSA) is 99.3 Å². The van der Waals surface area contributed by atoms with Gasteiger partial charge in [0.1, 0.15) is 11.6 Å². The molecular formula is C12H18N6O2. The maximum atomic E-state index is 9.57. The van der Waals surface area contributed by atoms with E-state index in [0.717, 1.165) is 16.9 Å². The molecule has 3 heterocycles. The van der Waals surface area contributed by atoms with Crippen molar-refractivity contribution in [3.8, 4) is 0 Å². The van der Waals surface area contributed by atoms with Crippen LogP contribution >= 0.6 is 0 Å². The Morgan fingerprint density at radius 1 is 1.30 bits per heavy atom. The fourth-order valence-corrected chi connectivity index (χ4v) is 2.50. The largest absolute Gasteiger partial charge is 0.389 e. The van der Waals surface area contributed by atoms with Crippen LogP contribution in [-0.4, -0.2) is 67.2 Å². The lowest BCUT2D eigenvalue weighted by atomic mass is 10.3. The summed E-state index contributed by atoms with van der Waals surface area (Å²) in [5.74, 6) is 1.38. The molecule has 1 aliphatic heterocycles. The molecule has 0 spiro atoms. The Bertz CT molecular complexity index is 618. The van der Waals surface area contributed by atoms with E-state index in [-0.39, 0.29) is 0 Å². The first-order valence-corrected chi connectivity index (χ1v) is 6.53. The number of nitrogens with zero attached hydrogens (tertiary/aromatic N) is 5. The van der Waals surface area contributed by atoms with E-state index >= 15 is 0 Å². The zero-order valence-electron chi connectivity index (χ0n) is 11.5. The van der Waals surface area contributed by atoms with Gasteiger partial charge in [0.2, 0.25) is 0 Å². The van der Waals surface area contributed by atoms with Crippen LogP contribution in [-0.2, 0) is 13.6 Å². The predicted octanol–water partition coefficient (Wildman–Crippen LogP) is -1.06. The third-order valence-electron chi connectivity index (χ3n) is 3.57. The van der Waals surface area contributed by atoms with Crippen LogP contribution in [0.15, 0.2) is 6.20 Å². The van der Waals surface area contributed by atoms with Crippen molar-refractivity contribution >= 4 is 16.9 Å². The number of aryl methyl sites for hydroxylation is 1. The molecule has 8 nitrogen and oxygen atoms in total. The van der Waals surface area contributed by atoms with E-state index in [4.69, 9.17) is 0 Å². The molecular weight excluding hydrogens is 260 g/mol. The SMILES string of the molecule is CNc1nc(CN2CC(O)C(O)C2)nc2c1cnn2C. The van der Waals surface area contributed by atoms with E-state index < -0.39 is 12.2 Å². The van der Waals surface area contributed by atoms with Crippen molar-refractivity contribution in [1.82, 2.24) is 24.6 Å². The molecule has 0 amide bonds. The van der Waals surface area contributed by atoms with E-state index in [9.17, 15) is 10.2 Å². The molecule has 0 aliphatic carbocycles. The van der Waals surface area contributed by atoms with Crippen molar-refractivity contribution in [2.75, 3.05) is 25.5 Å². The molecule has 8 heteroatoms. The minimum atomic E-state index is -0.695. The number of nitrogens with one attached hydrogen (secondary N) is 1. The quantitative estimate of drug-likeness (QED) is 0.658. The minimum Gasteiger partial charge on any atom is -0.389 e. The number of aliphatic hydroxyl groups is 2. The van der Waals surface area contributed by atoms with Gasteiger partial charge in [-0.15, -0.1) is 0 Å². The molecule has 0 radical (unpaired) electrons.